The van der Waals surface area contributed by atoms with Crippen LogP contribution in [-0.4, -0.2) is 20.4 Å². The van der Waals surface area contributed by atoms with Gasteiger partial charge in [0.1, 0.15) is 6.04 Å². The van der Waals surface area contributed by atoms with Gasteiger partial charge in [0.15, 0.2) is 0 Å². The van der Waals surface area contributed by atoms with Gasteiger partial charge in [0, 0.05) is 12.8 Å². The van der Waals surface area contributed by atoms with E-state index in [4.69, 9.17) is 0 Å². The third-order valence-corrected chi connectivity index (χ3v) is 7.86. The minimum Gasteiger partial charge on any atom is -0.325 e. The second kappa shape index (κ2) is 10.2. The minimum absolute atomic E-state index is 0.124. The quantitative estimate of drug-likeness (QED) is 0.365. The van der Waals surface area contributed by atoms with E-state index in [0.29, 0.717) is 5.69 Å². The van der Waals surface area contributed by atoms with Gasteiger partial charge in [-0.1, -0.05) is 30.3 Å². The highest BCUT2D eigenvalue weighted by Crippen LogP contribution is 2.18. The molecule has 0 bridgehead atoms. The third-order valence-electron chi connectivity index (χ3n) is 4.45. The zero-order valence-corrected chi connectivity index (χ0v) is 21.2. The number of rotatable bonds is 7. The Bertz CT molecular complexity index is 1130. The average Bonchev–Trinajstić information content (AvgIpc) is 2.71. The van der Waals surface area contributed by atoms with Crippen LogP contribution in [0.15, 0.2) is 77.7 Å². The zero-order valence-electron chi connectivity index (χ0n) is 16.1. The number of carbonyl (C=O) groups is 1. The van der Waals surface area contributed by atoms with Crippen molar-refractivity contribution in [3.8, 4) is 0 Å². The molecule has 0 aliphatic heterocycles. The van der Waals surface area contributed by atoms with Crippen LogP contribution in [0.3, 0.4) is 0 Å². The molecule has 1 atom stereocenters. The van der Waals surface area contributed by atoms with Crippen LogP contribution >= 0.6 is 45.2 Å². The largest absolute Gasteiger partial charge is 0.325 e. The molecule has 0 aliphatic rings. The molecule has 1 amide bonds. The minimum atomic E-state index is -3.86. The number of anilines is 1. The summed E-state index contributed by atoms with van der Waals surface area (Å²) in [6, 6.07) is 20.5. The lowest BCUT2D eigenvalue weighted by atomic mass is 10.1. The number of halogens is 2. The third kappa shape index (κ3) is 6.25. The number of hydrogen-bond donors (Lipinski definition) is 2. The van der Waals surface area contributed by atoms with Gasteiger partial charge < -0.3 is 5.32 Å². The summed E-state index contributed by atoms with van der Waals surface area (Å²) in [7, 11) is -3.86. The van der Waals surface area contributed by atoms with Crippen LogP contribution in [-0.2, 0) is 21.2 Å². The highest BCUT2D eigenvalue weighted by molar-refractivity contribution is 14.1. The summed E-state index contributed by atoms with van der Waals surface area (Å²) in [6.45, 7) is 1.96. The SMILES string of the molecule is Cc1cc(NC(=O)[C@H](Cc2ccccc2)NS(=O)(=O)c2ccc(I)cc2)ccc1I. The molecule has 5 nitrogen and oxygen atoms in total. The fourth-order valence-corrected chi connectivity index (χ4v) is 4.75. The van der Waals surface area contributed by atoms with E-state index >= 15 is 0 Å². The van der Waals surface area contributed by atoms with Gasteiger partial charge in [-0.3, -0.25) is 4.79 Å². The highest BCUT2D eigenvalue weighted by Gasteiger charge is 2.26. The molecule has 2 N–H and O–H groups in total. The summed E-state index contributed by atoms with van der Waals surface area (Å²) in [5.41, 5.74) is 2.53. The van der Waals surface area contributed by atoms with Gasteiger partial charge in [0.25, 0.3) is 0 Å². The van der Waals surface area contributed by atoms with Crippen LogP contribution in [0.2, 0.25) is 0 Å². The molecule has 0 spiro atoms. The first-order valence-electron chi connectivity index (χ1n) is 9.13. The fourth-order valence-electron chi connectivity index (χ4n) is 2.86. The van der Waals surface area contributed by atoms with Gasteiger partial charge in [-0.2, -0.15) is 4.72 Å². The van der Waals surface area contributed by atoms with Crippen molar-refractivity contribution >= 4 is 66.8 Å². The number of sulfonamides is 1. The molecule has 30 heavy (non-hydrogen) atoms. The Kier molecular flexibility index (Phi) is 7.88. The van der Waals surface area contributed by atoms with Gasteiger partial charge in [-0.15, -0.1) is 0 Å². The van der Waals surface area contributed by atoms with Gasteiger partial charge in [0.05, 0.1) is 4.90 Å². The normalized spacial score (nSPS) is 12.4. The molecule has 0 radical (unpaired) electrons. The summed E-state index contributed by atoms with van der Waals surface area (Å²) in [5, 5.41) is 2.84. The molecule has 0 aliphatic carbocycles. The van der Waals surface area contributed by atoms with Gasteiger partial charge in [-0.25, -0.2) is 8.42 Å². The molecule has 0 heterocycles. The van der Waals surface area contributed by atoms with Gasteiger partial charge >= 0.3 is 0 Å². The number of nitrogens with one attached hydrogen (secondary N) is 2. The topological polar surface area (TPSA) is 75.3 Å². The first-order chi connectivity index (χ1) is 14.2. The number of carbonyl (C=O) groups excluding carboxylic acids is 1. The number of benzene rings is 3. The van der Waals surface area contributed by atoms with Crippen LogP contribution in [0, 0.1) is 14.1 Å². The molecule has 3 aromatic carbocycles. The maximum Gasteiger partial charge on any atom is 0.242 e. The number of amides is 1. The molecule has 0 aromatic heterocycles. The Hall–Kier alpha value is -1.50. The molecular formula is C22H20I2N2O3S. The van der Waals surface area contributed by atoms with Gasteiger partial charge in [-0.05, 0) is 112 Å². The highest BCUT2D eigenvalue weighted by atomic mass is 127. The molecular weight excluding hydrogens is 626 g/mol. The summed E-state index contributed by atoms with van der Waals surface area (Å²) in [6.07, 6.45) is 0.236. The van der Waals surface area contributed by atoms with E-state index in [1.54, 1.807) is 18.2 Å². The Morgan fingerprint density at radius 1 is 0.967 bits per heavy atom. The van der Waals surface area contributed by atoms with Crippen LogP contribution < -0.4 is 10.0 Å². The van der Waals surface area contributed by atoms with E-state index < -0.39 is 22.0 Å². The summed E-state index contributed by atoms with van der Waals surface area (Å²) in [5.74, 6) is -0.409. The van der Waals surface area contributed by atoms with Crippen molar-refractivity contribution in [1.29, 1.82) is 0 Å². The maximum atomic E-state index is 13.0. The first kappa shape index (κ1) is 23.2. The monoisotopic (exact) mass is 646 g/mol. The first-order valence-corrected chi connectivity index (χ1v) is 12.8. The second-order valence-electron chi connectivity index (χ2n) is 6.77. The lowest BCUT2D eigenvalue weighted by Crippen LogP contribution is -2.45. The molecule has 0 unspecified atom stereocenters. The summed E-state index contributed by atoms with van der Waals surface area (Å²) < 4.78 is 30.4. The Balaban J connectivity index is 1.86. The predicted molar refractivity (Wildman–Crippen MR) is 136 cm³/mol. The van der Waals surface area contributed by atoms with Crippen molar-refractivity contribution in [2.24, 2.45) is 0 Å². The summed E-state index contributed by atoms with van der Waals surface area (Å²) in [4.78, 5) is 13.2. The van der Waals surface area contributed by atoms with E-state index in [2.05, 4.69) is 55.2 Å². The number of aryl methyl sites for hydroxylation is 1. The predicted octanol–water partition coefficient (Wildman–Crippen LogP) is 4.73. The molecule has 0 fully saturated rings. The summed E-state index contributed by atoms with van der Waals surface area (Å²) >= 11 is 4.34. The van der Waals surface area contributed by atoms with E-state index in [9.17, 15) is 13.2 Å². The van der Waals surface area contributed by atoms with E-state index in [0.717, 1.165) is 18.3 Å². The second-order valence-corrected chi connectivity index (χ2v) is 10.9. The fraction of sp³-hybridized carbons (Fsp3) is 0.136. The van der Waals surface area contributed by atoms with Crippen molar-refractivity contribution in [3.63, 3.8) is 0 Å². The lowest BCUT2D eigenvalue weighted by Gasteiger charge is -2.19. The lowest BCUT2D eigenvalue weighted by molar-refractivity contribution is -0.117. The molecule has 0 saturated heterocycles. The Morgan fingerprint density at radius 3 is 2.27 bits per heavy atom. The van der Waals surface area contributed by atoms with Crippen LogP contribution in [0.4, 0.5) is 5.69 Å². The molecule has 156 valence electrons. The molecule has 0 saturated carbocycles. The van der Waals surface area contributed by atoms with E-state index in [1.165, 1.54) is 12.1 Å². The van der Waals surface area contributed by atoms with Gasteiger partial charge in [0.2, 0.25) is 15.9 Å². The molecule has 8 heteroatoms. The molecule has 3 aromatic rings. The number of hydrogen-bond acceptors (Lipinski definition) is 3. The van der Waals surface area contributed by atoms with Crippen LogP contribution in [0.5, 0.6) is 0 Å². The van der Waals surface area contributed by atoms with Crippen molar-refractivity contribution in [3.05, 3.63) is 91.1 Å². The Morgan fingerprint density at radius 2 is 1.63 bits per heavy atom. The van der Waals surface area contributed by atoms with Crippen LogP contribution in [0.1, 0.15) is 11.1 Å². The average molecular weight is 646 g/mol. The van der Waals surface area contributed by atoms with Crippen molar-refractivity contribution < 1.29 is 13.2 Å². The van der Waals surface area contributed by atoms with Crippen molar-refractivity contribution in [1.82, 2.24) is 4.72 Å². The van der Waals surface area contributed by atoms with Crippen LogP contribution in [0.25, 0.3) is 0 Å². The van der Waals surface area contributed by atoms with E-state index in [1.807, 2.05) is 49.4 Å². The standard InChI is InChI=1S/C22H20I2N2O3S/c1-15-13-18(9-12-20(15)24)25-22(27)21(14-16-5-3-2-4-6-16)26-30(28,29)19-10-7-17(23)8-11-19/h2-13,21,26H,14H2,1H3,(H,25,27)/t21-/m0/s1. The smallest absolute Gasteiger partial charge is 0.242 e. The van der Waals surface area contributed by atoms with Crippen molar-refractivity contribution in [2.75, 3.05) is 5.32 Å². The zero-order chi connectivity index (χ0) is 21.7. The molecule has 3 rings (SSSR count). The van der Waals surface area contributed by atoms with Crippen molar-refractivity contribution in [2.45, 2.75) is 24.3 Å². The van der Waals surface area contributed by atoms with E-state index in [-0.39, 0.29) is 11.3 Å². The maximum absolute atomic E-state index is 13.0. The Labute approximate surface area is 204 Å².